The molecule has 0 amide bonds. The van der Waals surface area contributed by atoms with Gasteiger partial charge in [-0.25, -0.2) is 4.79 Å². The zero-order valence-corrected chi connectivity index (χ0v) is 27.5. The van der Waals surface area contributed by atoms with Crippen molar-refractivity contribution in [3.63, 3.8) is 0 Å². The predicted molar refractivity (Wildman–Crippen MR) is 186 cm³/mol. The molecule has 0 heterocycles. The molecule has 1 N–H and O–H groups in total. The molecule has 0 spiro atoms. The first-order valence-electron chi connectivity index (χ1n) is 13.3. The Morgan fingerprint density at radius 1 is 0.636 bits per heavy atom. The lowest BCUT2D eigenvalue weighted by Gasteiger charge is -2.12. The van der Waals surface area contributed by atoms with Gasteiger partial charge in [-0.3, -0.25) is 0 Å². The highest BCUT2D eigenvalue weighted by molar-refractivity contribution is 7.99. The predicted octanol–water partition coefficient (Wildman–Crippen LogP) is 12.0. The molecule has 5 aromatic rings. The lowest BCUT2D eigenvalue weighted by atomic mass is 9.94. The van der Waals surface area contributed by atoms with Gasteiger partial charge in [-0.2, -0.15) is 0 Å². The van der Waals surface area contributed by atoms with E-state index in [4.69, 9.17) is 67.8 Å². The maximum Gasteiger partial charge on any atom is 0.341 e. The van der Waals surface area contributed by atoms with Gasteiger partial charge >= 0.3 is 5.97 Å². The Morgan fingerprint density at radius 3 is 1.55 bits per heavy atom. The molecule has 0 atom stereocenters. The van der Waals surface area contributed by atoms with E-state index in [1.165, 1.54) is 0 Å². The van der Waals surface area contributed by atoms with E-state index in [2.05, 4.69) is 54.6 Å². The quantitative estimate of drug-likeness (QED) is 0.147. The number of hydrogen-bond donors (Lipinski definition) is 1. The summed E-state index contributed by atoms with van der Waals surface area (Å²) in [6.07, 6.45) is 2.17. The van der Waals surface area contributed by atoms with Crippen LogP contribution >= 0.6 is 69.8 Å². The summed E-state index contributed by atoms with van der Waals surface area (Å²) >= 11 is 32.9. The minimum Gasteiger partial charge on any atom is -0.480 e. The molecule has 9 heteroatoms. The molecule has 0 saturated heterocycles. The zero-order valence-electron chi connectivity index (χ0n) is 22.9. The van der Waals surface area contributed by atoms with E-state index in [-0.39, 0.29) is 0 Å². The Morgan fingerprint density at radius 2 is 1.11 bits per heavy atom. The van der Waals surface area contributed by atoms with Gasteiger partial charge in [0.1, 0.15) is 5.75 Å². The zero-order chi connectivity index (χ0) is 31.2. The van der Waals surface area contributed by atoms with Crippen molar-refractivity contribution in [2.45, 2.75) is 4.90 Å². The van der Waals surface area contributed by atoms with Crippen LogP contribution in [-0.2, 0) is 4.79 Å². The van der Waals surface area contributed by atoms with E-state index in [0.29, 0.717) is 36.6 Å². The third-order valence-electron chi connectivity index (χ3n) is 6.58. The van der Waals surface area contributed by atoms with E-state index in [1.54, 1.807) is 36.0 Å². The molecule has 44 heavy (non-hydrogen) atoms. The van der Waals surface area contributed by atoms with Crippen molar-refractivity contribution in [2.24, 2.45) is 0 Å². The third kappa shape index (κ3) is 8.54. The van der Waals surface area contributed by atoms with Crippen LogP contribution in [0, 0.1) is 0 Å². The highest BCUT2D eigenvalue weighted by Gasteiger charge is 2.10. The van der Waals surface area contributed by atoms with Gasteiger partial charge in [0, 0.05) is 30.7 Å². The first kappa shape index (κ1) is 32.3. The Hall–Kier alpha value is -3.09. The lowest BCUT2D eigenvalue weighted by molar-refractivity contribution is -0.139. The fourth-order valence-corrected chi connectivity index (χ4v) is 6.74. The maximum atomic E-state index is 10.8. The first-order valence-corrected chi connectivity index (χ1v) is 16.1. The number of hydrogen-bond acceptors (Lipinski definition) is 3. The molecule has 222 valence electrons. The summed E-state index contributed by atoms with van der Waals surface area (Å²) in [6.45, 7) is -0.454. The van der Waals surface area contributed by atoms with Gasteiger partial charge in [-0.05, 0) is 93.6 Å². The molecule has 0 aliphatic heterocycles. The molecule has 0 bridgehead atoms. The van der Waals surface area contributed by atoms with Crippen LogP contribution in [0.3, 0.4) is 0 Å². The molecule has 0 saturated carbocycles. The normalized spacial score (nSPS) is 10.8. The van der Waals surface area contributed by atoms with Gasteiger partial charge in [0.2, 0.25) is 0 Å². The first-order chi connectivity index (χ1) is 21.1. The Kier molecular flexibility index (Phi) is 10.9. The number of benzene rings is 5. The molecule has 0 aliphatic rings. The maximum absolute atomic E-state index is 10.8. The van der Waals surface area contributed by atoms with Crippen LogP contribution in [0.15, 0.2) is 114 Å². The van der Waals surface area contributed by atoms with E-state index >= 15 is 0 Å². The minimum absolute atomic E-state index is 0.330. The average Bonchev–Trinajstić information content (AvgIpc) is 2.98. The second-order valence-electron chi connectivity index (χ2n) is 9.67. The summed E-state index contributed by atoms with van der Waals surface area (Å²) in [7, 11) is 0. The molecule has 5 rings (SSSR count). The van der Waals surface area contributed by atoms with Gasteiger partial charge in [0.05, 0.1) is 5.02 Å². The number of carboxylic acid groups (broad SMARTS) is 1. The molecule has 0 unspecified atom stereocenters. The number of halogens is 5. The Labute approximate surface area is 285 Å². The monoisotopic (exact) mass is 698 g/mol. The molecule has 0 aromatic heterocycles. The van der Waals surface area contributed by atoms with E-state index in [1.807, 2.05) is 30.3 Å². The topological polar surface area (TPSA) is 46.5 Å². The van der Waals surface area contributed by atoms with Crippen molar-refractivity contribution < 1.29 is 14.6 Å². The van der Waals surface area contributed by atoms with Gasteiger partial charge in [0.25, 0.3) is 0 Å². The van der Waals surface area contributed by atoms with Gasteiger partial charge < -0.3 is 9.84 Å². The lowest BCUT2D eigenvalue weighted by Crippen LogP contribution is -2.09. The minimum atomic E-state index is -1.06. The van der Waals surface area contributed by atoms with Gasteiger partial charge in [0.15, 0.2) is 6.61 Å². The summed E-state index contributed by atoms with van der Waals surface area (Å²) in [4.78, 5) is 11.8. The number of ether oxygens (including phenoxy) is 1. The van der Waals surface area contributed by atoms with Crippen LogP contribution in [0.1, 0.15) is 11.1 Å². The smallest absolute Gasteiger partial charge is 0.341 e. The van der Waals surface area contributed by atoms with Crippen molar-refractivity contribution >= 4 is 81.3 Å². The molecule has 0 fully saturated rings. The van der Waals surface area contributed by atoms with Crippen molar-refractivity contribution in [3.8, 4) is 28.0 Å². The van der Waals surface area contributed by atoms with Crippen molar-refractivity contribution in [1.29, 1.82) is 0 Å². The van der Waals surface area contributed by atoms with Crippen LogP contribution in [0.4, 0.5) is 0 Å². The molecule has 3 nitrogen and oxygen atoms in total. The highest BCUT2D eigenvalue weighted by atomic mass is 35.5. The molecule has 0 radical (unpaired) electrons. The number of thioether (sulfide) groups is 1. The second-order valence-corrected chi connectivity index (χ2v) is 12.9. The summed E-state index contributed by atoms with van der Waals surface area (Å²) in [5.41, 5.74) is 7.00. The van der Waals surface area contributed by atoms with Gasteiger partial charge in [-0.15, -0.1) is 11.8 Å². The average molecular weight is 701 g/mol. The summed E-state index contributed by atoms with van der Waals surface area (Å²) in [5, 5.41) is 11.5. The van der Waals surface area contributed by atoms with Gasteiger partial charge in [-0.1, -0.05) is 113 Å². The van der Waals surface area contributed by atoms with Crippen LogP contribution in [-0.4, -0.2) is 23.4 Å². The summed E-state index contributed by atoms with van der Waals surface area (Å²) in [6, 6.07) is 32.8. The fraction of sp³-hybridized carbons (Fsp3) is 0.0571. The Balaban J connectivity index is 1.43. The number of carbonyl (C=O) groups is 1. The number of rotatable bonds is 10. The Bertz CT molecular complexity index is 1700. The van der Waals surface area contributed by atoms with Crippen LogP contribution in [0.5, 0.6) is 5.75 Å². The van der Waals surface area contributed by atoms with Crippen LogP contribution in [0.2, 0.25) is 25.1 Å². The second kappa shape index (κ2) is 14.8. The fourth-order valence-electron chi connectivity index (χ4n) is 4.58. The highest BCUT2D eigenvalue weighted by Crippen LogP contribution is 2.34. The van der Waals surface area contributed by atoms with E-state index in [0.717, 1.165) is 43.8 Å². The molecular formula is C35H23Cl5O3S. The van der Waals surface area contributed by atoms with Crippen molar-refractivity contribution in [1.82, 2.24) is 0 Å². The van der Waals surface area contributed by atoms with E-state index < -0.39 is 12.6 Å². The number of aliphatic carboxylic acids is 1. The summed E-state index contributed by atoms with van der Waals surface area (Å²) < 4.78 is 5.24. The standard InChI is InChI=1S/C35H23Cl5O3S/c36-27-13-25(14-28(37)17-27)21-1-5-23(6-2-21)32(11-12-44-31-9-10-34(33(40)19-31)43-20-35(41)42)24-7-3-22(4-8-24)26-15-29(38)18-30(39)16-26/h1-11,13-19H,12,20H2,(H,41,42). The van der Waals surface area contributed by atoms with Crippen molar-refractivity contribution in [3.05, 3.63) is 145 Å². The third-order valence-corrected chi connectivity index (χ3v) is 8.66. The number of carboxylic acids is 1. The summed E-state index contributed by atoms with van der Waals surface area (Å²) in [5.74, 6) is -0.0824. The van der Waals surface area contributed by atoms with Crippen LogP contribution in [0.25, 0.3) is 27.8 Å². The SMILES string of the molecule is O=C(O)COc1ccc(SCC=C(c2ccc(-c3cc(Cl)cc(Cl)c3)cc2)c2ccc(-c3cc(Cl)cc(Cl)c3)cc2)cc1Cl. The molecule has 5 aromatic carbocycles. The van der Waals surface area contributed by atoms with Crippen LogP contribution < -0.4 is 4.74 Å². The molecule has 0 aliphatic carbocycles. The van der Waals surface area contributed by atoms with E-state index in [9.17, 15) is 4.79 Å². The molecular weight excluding hydrogens is 678 g/mol. The van der Waals surface area contributed by atoms with Crippen molar-refractivity contribution in [2.75, 3.05) is 12.4 Å². The largest absolute Gasteiger partial charge is 0.480 e.